The van der Waals surface area contributed by atoms with E-state index in [1.165, 1.54) is 0 Å². The zero-order chi connectivity index (χ0) is 13.0. The van der Waals surface area contributed by atoms with Gasteiger partial charge in [0, 0.05) is 17.8 Å². The van der Waals surface area contributed by atoms with Gasteiger partial charge in [0.2, 0.25) is 0 Å². The largest absolute Gasteiger partial charge is 0.398 e. The van der Waals surface area contributed by atoms with Crippen LogP contribution in [0.4, 0.5) is 5.69 Å². The van der Waals surface area contributed by atoms with Crippen molar-refractivity contribution in [2.45, 2.75) is 13.0 Å². The van der Waals surface area contributed by atoms with E-state index in [4.69, 9.17) is 15.2 Å². The molecule has 1 fully saturated rings. The Kier molecular flexibility index (Phi) is 4.17. The molecule has 1 saturated heterocycles. The fourth-order valence-electron chi connectivity index (χ4n) is 1.74. The highest BCUT2D eigenvalue weighted by molar-refractivity contribution is 5.95. The third-order valence-corrected chi connectivity index (χ3v) is 2.92. The number of carbonyl (C=O) groups is 1. The van der Waals surface area contributed by atoms with Crippen LogP contribution in [0.2, 0.25) is 0 Å². The van der Waals surface area contributed by atoms with Crippen LogP contribution in [0.3, 0.4) is 0 Å². The Labute approximate surface area is 106 Å². The molecule has 1 aromatic carbocycles. The highest BCUT2D eigenvalue weighted by Crippen LogP contribution is 2.12. The Morgan fingerprint density at radius 3 is 3.00 bits per heavy atom. The van der Waals surface area contributed by atoms with Crippen molar-refractivity contribution < 1.29 is 14.3 Å². The Balaban J connectivity index is 1.88. The number of ether oxygens (including phenoxy) is 2. The Hall–Kier alpha value is -1.59. The fourth-order valence-corrected chi connectivity index (χ4v) is 1.74. The summed E-state index contributed by atoms with van der Waals surface area (Å²) < 4.78 is 10.7. The number of amides is 1. The number of hydrogen-bond donors (Lipinski definition) is 2. The molecule has 1 unspecified atom stereocenters. The van der Waals surface area contributed by atoms with Crippen molar-refractivity contribution >= 4 is 11.6 Å². The highest BCUT2D eigenvalue weighted by Gasteiger charge is 2.15. The second kappa shape index (κ2) is 5.84. The summed E-state index contributed by atoms with van der Waals surface area (Å²) in [5.74, 6) is -0.143. The van der Waals surface area contributed by atoms with Gasteiger partial charge in [-0.15, -0.1) is 0 Å². The van der Waals surface area contributed by atoms with E-state index in [1.807, 2.05) is 13.0 Å². The lowest BCUT2D eigenvalue weighted by Gasteiger charge is -2.23. The molecular weight excluding hydrogens is 232 g/mol. The molecule has 1 heterocycles. The van der Waals surface area contributed by atoms with Crippen LogP contribution in [-0.4, -0.2) is 38.4 Å². The summed E-state index contributed by atoms with van der Waals surface area (Å²) in [5.41, 5.74) is 7.93. The van der Waals surface area contributed by atoms with E-state index in [2.05, 4.69) is 5.32 Å². The normalized spacial score (nSPS) is 19.5. The van der Waals surface area contributed by atoms with Crippen molar-refractivity contribution in [3.63, 3.8) is 0 Å². The molecule has 1 aliphatic rings. The van der Waals surface area contributed by atoms with Gasteiger partial charge in [0.1, 0.15) is 0 Å². The Morgan fingerprint density at radius 1 is 1.50 bits per heavy atom. The maximum absolute atomic E-state index is 11.9. The average Bonchev–Trinajstić information content (AvgIpc) is 2.40. The minimum absolute atomic E-state index is 0.0644. The van der Waals surface area contributed by atoms with E-state index in [9.17, 15) is 4.79 Å². The predicted molar refractivity (Wildman–Crippen MR) is 68.5 cm³/mol. The number of rotatable bonds is 3. The molecule has 0 radical (unpaired) electrons. The van der Waals surface area contributed by atoms with Gasteiger partial charge >= 0.3 is 0 Å². The van der Waals surface area contributed by atoms with Gasteiger partial charge in [-0.25, -0.2) is 0 Å². The number of hydrogen-bond acceptors (Lipinski definition) is 4. The first-order valence-corrected chi connectivity index (χ1v) is 6.00. The average molecular weight is 250 g/mol. The molecule has 1 amide bonds. The number of nitrogens with one attached hydrogen (secondary N) is 1. The second-order valence-electron chi connectivity index (χ2n) is 4.35. The van der Waals surface area contributed by atoms with Gasteiger partial charge in [-0.1, -0.05) is 6.07 Å². The maximum atomic E-state index is 11.9. The summed E-state index contributed by atoms with van der Waals surface area (Å²) in [5, 5.41) is 2.82. The number of nitrogen functional groups attached to an aromatic ring is 1. The minimum atomic E-state index is -0.143. The summed E-state index contributed by atoms with van der Waals surface area (Å²) >= 11 is 0. The molecule has 98 valence electrons. The third kappa shape index (κ3) is 3.21. The van der Waals surface area contributed by atoms with Crippen LogP contribution in [0.15, 0.2) is 18.2 Å². The molecule has 1 atom stereocenters. The van der Waals surface area contributed by atoms with Gasteiger partial charge in [-0.3, -0.25) is 4.79 Å². The summed E-state index contributed by atoms with van der Waals surface area (Å²) in [4.78, 5) is 11.9. The number of anilines is 1. The molecule has 5 heteroatoms. The van der Waals surface area contributed by atoms with E-state index >= 15 is 0 Å². The van der Waals surface area contributed by atoms with Gasteiger partial charge in [0.15, 0.2) is 0 Å². The van der Waals surface area contributed by atoms with E-state index in [-0.39, 0.29) is 12.0 Å². The molecule has 1 aromatic rings. The van der Waals surface area contributed by atoms with Crippen LogP contribution in [-0.2, 0) is 9.47 Å². The van der Waals surface area contributed by atoms with E-state index in [1.54, 1.807) is 12.1 Å². The van der Waals surface area contributed by atoms with Crippen LogP contribution in [0.5, 0.6) is 0 Å². The lowest BCUT2D eigenvalue weighted by Crippen LogP contribution is -2.39. The number of nitrogens with two attached hydrogens (primary N) is 1. The quantitative estimate of drug-likeness (QED) is 0.775. The van der Waals surface area contributed by atoms with Crippen LogP contribution < -0.4 is 11.1 Å². The molecule has 0 spiro atoms. The van der Waals surface area contributed by atoms with E-state index in [0.29, 0.717) is 37.6 Å². The smallest absolute Gasteiger partial charge is 0.251 e. The van der Waals surface area contributed by atoms with Crippen molar-refractivity contribution in [2.24, 2.45) is 0 Å². The predicted octanol–water partition coefficient (Wildman–Crippen LogP) is 0.722. The number of carbonyl (C=O) groups excluding carboxylic acids is 1. The van der Waals surface area contributed by atoms with Crippen molar-refractivity contribution in [1.29, 1.82) is 0 Å². The van der Waals surface area contributed by atoms with Crippen LogP contribution in [0.1, 0.15) is 15.9 Å². The third-order valence-electron chi connectivity index (χ3n) is 2.92. The first-order valence-electron chi connectivity index (χ1n) is 6.00. The molecule has 18 heavy (non-hydrogen) atoms. The molecule has 0 saturated carbocycles. The molecule has 2 rings (SSSR count). The zero-order valence-corrected chi connectivity index (χ0v) is 10.4. The van der Waals surface area contributed by atoms with Crippen LogP contribution >= 0.6 is 0 Å². The number of benzene rings is 1. The van der Waals surface area contributed by atoms with Gasteiger partial charge in [-0.05, 0) is 24.6 Å². The molecule has 0 aromatic heterocycles. The molecule has 1 aliphatic heterocycles. The fraction of sp³-hybridized carbons (Fsp3) is 0.462. The van der Waals surface area contributed by atoms with Crippen LogP contribution in [0.25, 0.3) is 0 Å². The van der Waals surface area contributed by atoms with Gasteiger partial charge in [0.25, 0.3) is 5.91 Å². The minimum Gasteiger partial charge on any atom is -0.398 e. The molecule has 5 nitrogen and oxygen atoms in total. The standard InChI is InChI=1S/C13H18N2O3/c1-9-2-3-10(6-12(9)14)13(16)15-7-11-8-17-4-5-18-11/h2-3,6,11H,4-5,7-8,14H2,1H3,(H,15,16). The first kappa shape index (κ1) is 12.9. The van der Waals surface area contributed by atoms with Gasteiger partial charge < -0.3 is 20.5 Å². The summed E-state index contributed by atoms with van der Waals surface area (Å²) in [6.45, 7) is 4.09. The Bertz CT molecular complexity index is 428. The molecule has 0 aliphatic carbocycles. The lowest BCUT2D eigenvalue weighted by molar-refractivity contribution is -0.0855. The van der Waals surface area contributed by atoms with Gasteiger partial charge in [-0.2, -0.15) is 0 Å². The van der Waals surface area contributed by atoms with E-state index < -0.39 is 0 Å². The van der Waals surface area contributed by atoms with Gasteiger partial charge in [0.05, 0.1) is 25.9 Å². The van der Waals surface area contributed by atoms with Crippen molar-refractivity contribution in [1.82, 2.24) is 5.32 Å². The monoisotopic (exact) mass is 250 g/mol. The van der Waals surface area contributed by atoms with Crippen molar-refractivity contribution in [3.05, 3.63) is 29.3 Å². The van der Waals surface area contributed by atoms with Crippen LogP contribution in [0, 0.1) is 6.92 Å². The Morgan fingerprint density at radius 2 is 2.33 bits per heavy atom. The zero-order valence-electron chi connectivity index (χ0n) is 10.4. The maximum Gasteiger partial charge on any atom is 0.251 e. The van der Waals surface area contributed by atoms with E-state index in [0.717, 1.165) is 5.56 Å². The first-order chi connectivity index (χ1) is 8.66. The summed E-state index contributed by atoms with van der Waals surface area (Å²) in [7, 11) is 0. The molecule has 0 bridgehead atoms. The number of aryl methyl sites for hydroxylation is 1. The van der Waals surface area contributed by atoms with Crippen molar-refractivity contribution in [2.75, 3.05) is 32.1 Å². The summed E-state index contributed by atoms with van der Waals surface area (Å²) in [6, 6.07) is 5.28. The topological polar surface area (TPSA) is 73.6 Å². The highest BCUT2D eigenvalue weighted by atomic mass is 16.6. The molecular formula is C13H18N2O3. The van der Waals surface area contributed by atoms with Crippen molar-refractivity contribution in [3.8, 4) is 0 Å². The SMILES string of the molecule is Cc1ccc(C(=O)NCC2COCCO2)cc1N. The lowest BCUT2D eigenvalue weighted by atomic mass is 10.1. The second-order valence-corrected chi connectivity index (χ2v) is 4.35. The summed E-state index contributed by atoms with van der Waals surface area (Å²) in [6.07, 6.45) is -0.0644. The molecule has 3 N–H and O–H groups in total.